The number of hydrogen-bond acceptors (Lipinski definition) is 4. The Balaban J connectivity index is 0.00000242. The number of nitrogens with two attached hydrogens (primary N) is 1. The van der Waals surface area contributed by atoms with Gasteiger partial charge in [0.15, 0.2) is 0 Å². The third kappa shape index (κ3) is 4.14. The van der Waals surface area contributed by atoms with E-state index >= 15 is 0 Å². The number of hydrogen-bond donors (Lipinski definition) is 1. The third-order valence-electron chi connectivity index (χ3n) is 3.79. The van der Waals surface area contributed by atoms with Crippen molar-refractivity contribution in [2.75, 3.05) is 13.7 Å². The van der Waals surface area contributed by atoms with E-state index in [0.717, 1.165) is 19.3 Å². The van der Waals surface area contributed by atoms with Crippen molar-refractivity contribution in [3.63, 3.8) is 0 Å². The first kappa shape index (κ1) is 19.7. The van der Waals surface area contributed by atoms with E-state index in [9.17, 15) is 8.42 Å². The molecule has 22 heavy (non-hydrogen) atoms. The lowest BCUT2D eigenvalue weighted by atomic mass is 10.00. The summed E-state index contributed by atoms with van der Waals surface area (Å²) < 4.78 is 33.2. The standard InChI is InChI=1S/C14H21BrN2O3S.ClH/c1-10(16)14-5-3-4-6-17(14)21(18,19)13-8-11(15)7-12(9-13)20-2;/h7-10,14H,3-6,16H2,1-2H3;1H. The lowest BCUT2D eigenvalue weighted by Gasteiger charge is -2.36. The molecule has 0 radical (unpaired) electrons. The van der Waals surface area contributed by atoms with Crippen molar-refractivity contribution in [1.82, 2.24) is 4.31 Å². The van der Waals surface area contributed by atoms with E-state index in [1.807, 2.05) is 6.92 Å². The summed E-state index contributed by atoms with van der Waals surface area (Å²) in [6, 6.07) is 4.55. The summed E-state index contributed by atoms with van der Waals surface area (Å²) in [6.45, 7) is 2.38. The molecule has 8 heteroatoms. The molecule has 1 heterocycles. The van der Waals surface area contributed by atoms with Gasteiger partial charge in [0.1, 0.15) is 5.75 Å². The van der Waals surface area contributed by atoms with Gasteiger partial charge in [-0.1, -0.05) is 22.4 Å². The third-order valence-corrected chi connectivity index (χ3v) is 6.15. The summed E-state index contributed by atoms with van der Waals surface area (Å²) in [6.07, 6.45) is 2.69. The summed E-state index contributed by atoms with van der Waals surface area (Å²) in [5.74, 6) is 0.511. The molecule has 126 valence electrons. The number of methoxy groups -OCH3 is 1. The van der Waals surface area contributed by atoms with Crippen LogP contribution in [0.5, 0.6) is 5.75 Å². The second-order valence-corrected chi connectivity index (χ2v) is 8.17. The van der Waals surface area contributed by atoms with Crippen LogP contribution < -0.4 is 10.5 Å². The van der Waals surface area contributed by atoms with Gasteiger partial charge in [-0.15, -0.1) is 12.4 Å². The SMILES string of the molecule is COc1cc(Br)cc(S(=O)(=O)N2CCCCC2C(C)N)c1.Cl. The van der Waals surface area contributed by atoms with Crippen LogP contribution >= 0.6 is 28.3 Å². The van der Waals surface area contributed by atoms with E-state index < -0.39 is 10.0 Å². The Morgan fingerprint density at radius 2 is 2.05 bits per heavy atom. The number of halogens is 2. The Labute approximate surface area is 146 Å². The largest absolute Gasteiger partial charge is 0.497 e. The highest BCUT2D eigenvalue weighted by molar-refractivity contribution is 9.10. The zero-order chi connectivity index (χ0) is 15.6. The van der Waals surface area contributed by atoms with Gasteiger partial charge in [0, 0.05) is 29.2 Å². The number of nitrogens with zero attached hydrogens (tertiary/aromatic N) is 1. The van der Waals surface area contributed by atoms with E-state index in [1.54, 1.807) is 22.5 Å². The molecule has 5 nitrogen and oxygen atoms in total. The molecule has 1 aliphatic rings. The minimum absolute atomic E-state index is 0. The fourth-order valence-electron chi connectivity index (χ4n) is 2.69. The summed E-state index contributed by atoms with van der Waals surface area (Å²) in [7, 11) is -2.05. The van der Waals surface area contributed by atoms with Gasteiger partial charge in [-0.25, -0.2) is 8.42 Å². The topological polar surface area (TPSA) is 72.6 Å². The molecule has 1 saturated heterocycles. The number of ether oxygens (including phenoxy) is 1. The Kier molecular flexibility index (Phi) is 7.14. The highest BCUT2D eigenvalue weighted by Crippen LogP contribution is 2.30. The van der Waals surface area contributed by atoms with Crippen LogP contribution in [0.3, 0.4) is 0 Å². The van der Waals surface area contributed by atoms with E-state index in [4.69, 9.17) is 10.5 Å². The Bertz CT molecular complexity index is 610. The molecule has 1 fully saturated rings. The van der Waals surface area contributed by atoms with Crippen molar-refractivity contribution in [2.45, 2.75) is 43.2 Å². The zero-order valence-electron chi connectivity index (χ0n) is 12.7. The van der Waals surface area contributed by atoms with Crippen molar-refractivity contribution in [2.24, 2.45) is 5.73 Å². The molecule has 0 saturated carbocycles. The van der Waals surface area contributed by atoms with Crippen LogP contribution in [0.25, 0.3) is 0 Å². The van der Waals surface area contributed by atoms with Gasteiger partial charge in [-0.2, -0.15) is 4.31 Å². The second-order valence-electron chi connectivity index (χ2n) is 5.36. The van der Waals surface area contributed by atoms with Crippen molar-refractivity contribution in [1.29, 1.82) is 0 Å². The molecule has 0 spiro atoms. The lowest BCUT2D eigenvalue weighted by Crippen LogP contribution is -2.51. The Morgan fingerprint density at radius 1 is 1.36 bits per heavy atom. The summed E-state index contributed by atoms with van der Waals surface area (Å²) in [4.78, 5) is 0.237. The molecule has 2 atom stereocenters. The first-order valence-electron chi connectivity index (χ1n) is 6.98. The van der Waals surface area contributed by atoms with E-state index in [0.29, 0.717) is 16.8 Å². The molecule has 1 aromatic rings. The molecular weight excluding hydrogens is 392 g/mol. The summed E-state index contributed by atoms with van der Waals surface area (Å²) >= 11 is 3.33. The first-order chi connectivity index (χ1) is 9.86. The van der Waals surface area contributed by atoms with Crippen LogP contribution in [0.2, 0.25) is 0 Å². The lowest BCUT2D eigenvalue weighted by molar-refractivity contribution is 0.227. The molecule has 1 aliphatic heterocycles. The van der Waals surface area contributed by atoms with Crippen LogP contribution in [-0.2, 0) is 10.0 Å². The van der Waals surface area contributed by atoms with Crippen LogP contribution in [0.1, 0.15) is 26.2 Å². The van der Waals surface area contributed by atoms with Crippen LogP contribution in [0.15, 0.2) is 27.6 Å². The highest BCUT2D eigenvalue weighted by Gasteiger charge is 2.35. The molecule has 2 unspecified atom stereocenters. The molecule has 0 amide bonds. The smallest absolute Gasteiger partial charge is 0.243 e. The van der Waals surface area contributed by atoms with Crippen molar-refractivity contribution >= 4 is 38.4 Å². The van der Waals surface area contributed by atoms with Gasteiger partial charge in [0.05, 0.1) is 12.0 Å². The van der Waals surface area contributed by atoms with Crippen molar-refractivity contribution in [3.05, 3.63) is 22.7 Å². The highest BCUT2D eigenvalue weighted by atomic mass is 79.9. The summed E-state index contributed by atoms with van der Waals surface area (Å²) in [5, 5.41) is 0. The number of rotatable bonds is 4. The molecule has 1 aromatic carbocycles. The molecule has 0 aliphatic carbocycles. The number of benzene rings is 1. The minimum atomic E-state index is -3.57. The van der Waals surface area contributed by atoms with Gasteiger partial charge in [0.25, 0.3) is 0 Å². The van der Waals surface area contributed by atoms with E-state index in [2.05, 4.69) is 15.9 Å². The molecular formula is C14H22BrClN2O3S. The second kappa shape index (κ2) is 7.97. The van der Waals surface area contributed by atoms with Crippen LogP contribution in [0, 0.1) is 0 Å². The average molecular weight is 414 g/mol. The fraction of sp³-hybridized carbons (Fsp3) is 0.571. The Morgan fingerprint density at radius 3 is 2.64 bits per heavy atom. The van der Waals surface area contributed by atoms with Crippen molar-refractivity contribution in [3.8, 4) is 5.75 Å². The molecule has 2 rings (SSSR count). The van der Waals surface area contributed by atoms with Gasteiger partial charge in [0.2, 0.25) is 10.0 Å². The van der Waals surface area contributed by atoms with Gasteiger partial charge >= 0.3 is 0 Å². The maximum Gasteiger partial charge on any atom is 0.243 e. The first-order valence-corrected chi connectivity index (χ1v) is 9.21. The number of piperidine rings is 1. The molecule has 0 aromatic heterocycles. The normalized spacial score (nSPS) is 21.0. The predicted octanol–water partition coefficient (Wildman–Crippen LogP) is 2.77. The monoisotopic (exact) mass is 412 g/mol. The quantitative estimate of drug-likeness (QED) is 0.824. The predicted molar refractivity (Wildman–Crippen MR) is 93.1 cm³/mol. The van der Waals surface area contributed by atoms with E-state index in [1.165, 1.54) is 7.11 Å². The van der Waals surface area contributed by atoms with E-state index in [-0.39, 0.29) is 29.4 Å². The average Bonchev–Trinajstić information content (AvgIpc) is 2.46. The Hall–Kier alpha value is -0.340. The summed E-state index contributed by atoms with van der Waals surface area (Å²) in [5.41, 5.74) is 5.98. The van der Waals surface area contributed by atoms with Crippen molar-refractivity contribution < 1.29 is 13.2 Å². The maximum atomic E-state index is 12.9. The zero-order valence-corrected chi connectivity index (χ0v) is 15.9. The van der Waals surface area contributed by atoms with Gasteiger partial charge < -0.3 is 10.5 Å². The van der Waals surface area contributed by atoms with Crippen LogP contribution in [0.4, 0.5) is 0 Å². The fourth-order valence-corrected chi connectivity index (χ4v) is 5.15. The molecule has 2 N–H and O–H groups in total. The number of sulfonamides is 1. The van der Waals surface area contributed by atoms with Crippen LogP contribution in [-0.4, -0.2) is 38.5 Å². The molecule has 0 bridgehead atoms. The maximum absolute atomic E-state index is 12.9. The van der Waals surface area contributed by atoms with Gasteiger partial charge in [-0.3, -0.25) is 0 Å². The minimum Gasteiger partial charge on any atom is -0.497 e. The van der Waals surface area contributed by atoms with Gasteiger partial charge in [-0.05, 0) is 31.9 Å².